The van der Waals surface area contributed by atoms with Crippen LogP contribution in [-0.4, -0.2) is 28.7 Å². The number of aromatic nitrogens is 2. The van der Waals surface area contributed by atoms with Crippen LogP contribution in [0.5, 0.6) is 5.75 Å². The van der Waals surface area contributed by atoms with Crippen molar-refractivity contribution in [2.75, 3.05) is 7.11 Å². The first-order chi connectivity index (χ1) is 10.4. The van der Waals surface area contributed by atoms with Gasteiger partial charge in [0.1, 0.15) is 11.3 Å². The largest absolute Gasteiger partial charge is 0.496 e. The highest BCUT2D eigenvalue weighted by Gasteiger charge is 2.15. The van der Waals surface area contributed by atoms with Crippen molar-refractivity contribution in [2.45, 2.75) is 6.92 Å². The fourth-order valence-electron chi connectivity index (χ4n) is 1.87. The lowest BCUT2D eigenvalue weighted by Gasteiger charge is -2.07. The number of hydrogen-bond donors (Lipinski definition) is 1. The number of hydrogen-bond acceptors (Lipinski definition) is 5. The summed E-state index contributed by atoms with van der Waals surface area (Å²) in [4.78, 5) is 16.8. The van der Waals surface area contributed by atoms with E-state index in [1.165, 1.54) is 11.8 Å². The highest BCUT2D eigenvalue weighted by Crippen LogP contribution is 2.22. The summed E-state index contributed by atoms with van der Waals surface area (Å²) in [6.07, 6.45) is 1.54. The third-order valence-corrected chi connectivity index (χ3v) is 3.13. The topological polar surface area (TPSA) is 91.7 Å². The molecule has 1 aromatic carbocycles. The molecule has 0 spiro atoms. The number of nitrogens with zero attached hydrogens (tertiary/aromatic N) is 3. The predicted octanol–water partition coefficient (Wildman–Crippen LogP) is 1.87. The molecule has 2 N–H and O–H groups in total. The quantitative estimate of drug-likeness (QED) is 0.401. The summed E-state index contributed by atoms with van der Waals surface area (Å²) < 4.78 is 6.67. The van der Waals surface area contributed by atoms with Crippen LogP contribution < -0.4 is 10.5 Å². The van der Waals surface area contributed by atoms with Gasteiger partial charge in [-0.2, -0.15) is 5.10 Å². The fraction of sp³-hybridized carbons (Fsp3) is 0.214. The lowest BCUT2D eigenvalue weighted by Crippen LogP contribution is -2.16. The van der Waals surface area contributed by atoms with E-state index < -0.39 is 5.97 Å². The minimum absolute atomic E-state index is 0.0192. The van der Waals surface area contributed by atoms with Crippen LogP contribution in [0.15, 0.2) is 29.6 Å². The number of rotatable bonds is 4. The second-order valence-corrected chi connectivity index (χ2v) is 4.94. The summed E-state index contributed by atoms with van der Waals surface area (Å²) in [5.74, 6) is -0.192. The van der Waals surface area contributed by atoms with E-state index in [0.29, 0.717) is 27.6 Å². The summed E-state index contributed by atoms with van der Waals surface area (Å²) >= 11 is 5.92. The van der Waals surface area contributed by atoms with Crippen LogP contribution in [0, 0.1) is 6.92 Å². The molecule has 0 unspecified atom stereocenters. The molecule has 1 aromatic heterocycles. The van der Waals surface area contributed by atoms with Crippen molar-refractivity contribution in [1.29, 1.82) is 0 Å². The number of methoxy groups -OCH3 is 1. The van der Waals surface area contributed by atoms with E-state index >= 15 is 0 Å². The first-order valence-corrected chi connectivity index (χ1v) is 6.69. The lowest BCUT2D eigenvalue weighted by molar-refractivity contribution is 0.0515. The number of carbonyl (C=O) groups excluding carboxylic acids is 1. The van der Waals surface area contributed by atoms with Gasteiger partial charge in [0.25, 0.3) is 0 Å². The summed E-state index contributed by atoms with van der Waals surface area (Å²) in [6, 6.07) is 4.87. The van der Waals surface area contributed by atoms with Crippen LogP contribution >= 0.6 is 11.6 Å². The van der Waals surface area contributed by atoms with E-state index in [1.807, 2.05) is 0 Å². The molecule has 0 amide bonds. The molecule has 0 aliphatic carbocycles. The van der Waals surface area contributed by atoms with E-state index in [1.54, 1.807) is 38.4 Å². The Morgan fingerprint density at radius 3 is 2.73 bits per heavy atom. The molecule has 0 saturated carbocycles. The molecule has 0 aliphatic rings. The van der Waals surface area contributed by atoms with Gasteiger partial charge in [-0.1, -0.05) is 16.8 Å². The van der Waals surface area contributed by atoms with E-state index in [4.69, 9.17) is 26.9 Å². The number of aryl methyl sites for hydroxylation is 2. The van der Waals surface area contributed by atoms with Crippen LogP contribution in [0.25, 0.3) is 0 Å². The number of oxime groups is 1. The molecule has 1 heterocycles. The standard InChI is InChI=1S/C14H15ClN4O3/c1-8-11(7-19(2)17-8)14(20)22-18-13(16)10-6-9(15)4-5-12(10)21-3/h4-7H,1-3H3,(H2,16,18). The van der Waals surface area contributed by atoms with Gasteiger partial charge in [-0.05, 0) is 25.1 Å². The number of ether oxygens (including phenoxy) is 1. The molecule has 116 valence electrons. The second kappa shape index (κ2) is 6.48. The summed E-state index contributed by atoms with van der Waals surface area (Å²) in [5, 5.41) is 8.16. The molecular weight excluding hydrogens is 308 g/mol. The molecule has 2 rings (SSSR count). The molecule has 7 nitrogen and oxygen atoms in total. The molecule has 2 aromatic rings. The van der Waals surface area contributed by atoms with Crippen molar-refractivity contribution in [1.82, 2.24) is 9.78 Å². The Morgan fingerprint density at radius 1 is 1.41 bits per heavy atom. The van der Waals surface area contributed by atoms with Gasteiger partial charge in [0.15, 0.2) is 5.84 Å². The zero-order chi connectivity index (χ0) is 16.3. The molecule has 0 fully saturated rings. The minimum atomic E-state index is -0.644. The predicted molar refractivity (Wildman–Crippen MR) is 82.1 cm³/mol. The number of amidine groups is 1. The Morgan fingerprint density at radius 2 is 2.14 bits per heavy atom. The molecule has 22 heavy (non-hydrogen) atoms. The molecule has 0 saturated heterocycles. The maximum atomic E-state index is 11.9. The number of halogens is 1. The smallest absolute Gasteiger partial charge is 0.369 e. The maximum absolute atomic E-state index is 11.9. The minimum Gasteiger partial charge on any atom is -0.496 e. The van der Waals surface area contributed by atoms with Crippen molar-refractivity contribution in [3.63, 3.8) is 0 Å². The average molecular weight is 323 g/mol. The van der Waals surface area contributed by atoms with Crippen LogP contribution in [-0.2, 0) is 11.9 Å². The van der Waals surface area contributed by atoms with Gasteiger partial charge in [0.2, 0.25) is 0 Å². The Kier molecular flexibility index (Phi) is 4.67. The number of nitrogens with two attached hydrogens (primary N) is 1. The highest BCUT2D eigenvalue weighted by atomic mass is 35.5. The third kappa shape index (κ3) is 3.37. The third-order valence-electron chi connectivity index (χ3n) is 2.90. The molecule has 0 aliphatic heterocycles. The van der Waals surface area contributed by atoms with Gasteiger partial charge in [-0.25, -0.2) is 4.79 Å². The summed E-state index contributed by atoms with van der Waals surface area (Å²) in [6.45, 7) is 1.70. The molecule has 0 bridgehead atoms. The highest BCUT2D eigenvalue weighted by molar-refractivity contribution is 6.31. The first-order valence-electron chi connectivity index (χ1n) is 6.31. The van der Waals surface area contributed by atoms with E-state index in [-0.39, 0.29) is 5.84 Å². The van der Waals surface area contributed by atoms with Gasteiger partial charge in [-0.15, -0.1) is 0 Å². The van der Waals surface area contributed by atoms with Crippen molar-refractivity contribution in [3.05, 3.63) is 46.2 Å². The van der Waals surface area contributed by atoms with Crippen molar-refractivity contribution < 1.29 is 14.4 Å². The zero-order valence-electron chi connectivity index (χ0n) is 12.3. The second-order valence-electron chi connectivity index (χ2n) is 4.50. The summed E-state index contributed by atoms with van der Waals surface area (Å²) in [7, 11) is 3.20. The van der Waals surface area contributed by atoms with Gasteiger partial charge in [0, 0.05) is 18.3 Å². The van der Waals surface area contributed by atoms with Gasteiger partial charge < -0.3 is 15.3 Å². The molecule has 8 heteroatoms. The van der Waals surface area contributed by atoms with Crippen LogP contribution in [0.3, 0.4) is 0 Å². The van der Waals surface area contributed by atoms with Crippen molar-refractivity contribution in [2.24, 2.45) is 17.9 Å². The Labute approximate surface area is 132 Å². The average Bonchev–Trinajstić information content (AvgIpc) is 2.83. The zero-order valence-corrected chi connectivity index (χ0v) is 13.1. The van der Waals surface area contributed by atoms with E-state index in [2.05, 4.69) is 10.3 Å². The maximum Gasteiger partial charge on any atom is 0.369 e. The Hall–Kier alpha value is -2.54. The molecular formula is C14H15ClN4O3. The molecule has 0 atom stereocenters. The molecule has 0 radical (unpaired) electrons. The normalized spacial score (nSPS) is 11.4. The van der Waals surface area contributed by atoms with E-state index in [9.17, 15) is 4.79 Å². The van der Waals surface area contributed by atoms with Gasteiger partial charge >= 0.3 is 5.97 Å². The first kappa shape index (κ1) is 15.8. The SMILES string of the molecule is COc1ccc(Cl)cc1/C(N)=N/OC(=O)c1cn(C)nc1C. The number of benzene rings is 1. The van der Waals surface area contributed by atoms with E-state index in [0.717, 1.165) is 0 Å². The number of carbonyl (C=O) groups is 1. The fourth-order valence-corrected chi connectivity index (χ4v) is 2.04. The van der Waals surface area contributed by atoms with Crippen LogP contribution in [0.1, 0.15) is 21.6 Å². The van der Waals surface area contributed by atoms with Gasteiger partial charge in [0.05, 0.1) is 18.4 Å². The lowest BCUT2D eigenvalue weighted by atomic mass is 10.2. The van der Waals surface area contributed by atoms with Crippen LogP contribution in [0.2, 0.25) is 5.02 Å². The van der Waals surface area contributed by atoms with Crippen molar-refractivity contribution in [3.8, 4) is 5.75 Å². The summed E-state index contributed by atoms with van der Waals surface area (Å²) in [5.41, 5.74) is 7.12. The Bertz CT molecular complexity index is 740. The van der Waals surface area contributed by atoms with Crippen molar-refractivity contribution >= 4 is 23.4 Å². The Balaban J connectivity index is 2.21. The monoisotopic (exact) mass is 322 g/mol. The van der Waals surface area contributed by atoms with Crippen LogP contribution in [0.4, 0.5) is 0 Å². The van der Waals surface area contributed by atoms with Gasteiger partial charge in [-0.3, -0.25) is 4.68 Å².